The van der Waals surface area contributed by atoms with Gasteiger partial charge < -0.3 is 9.73 Å². The number of benzene rings is 4. The fraction of sp³-hybridized carbons (Fsp3) is 0.0667. The number of carbonyl (C=O) groups is 2. The summed E-state index contributed by atoms with van der Waals surface area (Å²) in [5, 5.41) is 11.0. The summed E-state index contributed by atoms with van der Waals surface area (Å²) in [4.78, 5) is 28.0. The van der Waals surface area contributed by atoms with Crippen LogP contribution in [0.3, 0.4) is 0 Å². The first-order chi connectivity index (χ1) is 18.6. The third-order valence-electron chi connectivity index (χ3n) is 5.72. The molecular formula is C30H24N4O3S. The van der Waals surface area contributed by atoms with Gasteiger partial charge in [0.2, 0.25) is 5.91 Å². The van der Waals surface area contributed by atoms with Crippen LogP contribution in [0, 0.1) is 0 Å². The van der Waals surface area contributed by atoms with Crippen molar-refractivity contribution in [2.24, 2.45) is 0 Å². The minimum Gasteiger partial charge on any atom is -0.411 e. The van der Waals surface area contributed by atoms with E-state index in [4.69, 9.17) is 4.42 Å². The molecule has 1 N–H and O–H groups in total. The molecule has 0 radical (unpaired) electrons. The number of aromatic nitrogens is 2. The lowest BCUT2D eigenvalue weighted by Crippen LogP contribution is -2.32. The van der Waals surface area contributed by atoms with E-state index in [1.165, 1.54) is 11.8 Å². The summed E-state index contributed by atoms with van der Waals surface area (Å²) in [6, 6.07) is 35.2. The zero-order chi connectivity index (χ0) is 26.3. The van der Waals surface area contributed by atoms with E-state index in [0.29, 0.717) is 16.8 Å². The standard InChI is InChI=1S/C30H24N4O3S/c1-21(29(36)34(23-15-7-3-8-16-23)24-17-9-4-10-18-24)38-30-33-32-28(37-30)25-19-11-12-20-26(25)31-27(35)22-13-5-2-6-14-22/h2-21H,1H3,(H,31,35). The highest BCUT2D eigenvalue weighted by molar-refractivity contribution is 8.00. The Balaban J connectivity index is 1.35. The number of para-hydroxylation sites is 3. The SMILES string of the molecule is CC(Sc1nnc(-c2ccccc2NC(=O)c2ccccc2)o1)C(=O)N(c1ccccc1)c1ccccc1. The van der Waals surface area contributed by atoms with Crippen molar-refractivity contribution in [3.8, 4) is 11.5 Å². The first-order valence-electron chi connectivity index (χ1n) is 12.0. The fourth-order valence-corrected chi connectivity index (χ4v) is 4.59. The normalized spacial score (nSPS) is 11.5. The molecule has 1 unspecified atom stereocenters. The van der Waals surface area contributed by atoms with Gasteiger partial charge in [-0.05, 0) is 55.5 Å². The predicted octanol–water partition coefficient (Wildman–Crippen LogP) is 6.83. The van der Waals surface area contributed by atoms with Gasteiger partial charge in [0.15, 0.2) is 0 Å². The Labute approximate surface area is 224 Å². The Morgan fingerprint density at radius 3 is 1.95 bits per heavy atom. The average molecular weight is 521 g/mol. The van der Waals surface area contributed by atoms with E-state index >= 15 is 0 Å². The molecule has 0 bridgehead atoms. The minimum absolute atomic E-state index is 0.123. The van der Waals surface area contributed by atoms with Gasteiger partial charge in [-0.1, -0.05) is 78.5 Å². The molecule has 1 atom stereocenters. The van der Waals surface area contributed by atoms with Crippen LogP contribution in [0.15, 0.2) is 125 Å². The summed E-state index contributed by atoms with van der Waals surface area (Å²) in [6.07, 6.45) is 0. The van der Waals surface area contributed by atoms with Crippen molar-refractivity contribution in [1.82, 2.24) is 10.2 Å². The van der Waals surface area contributed by atoms with Crippen molar-refractivity contribution < 1.29 is 14.0 Å². The van der Waals surface area contributed by atoms with Crippen LogP contribution >= 0.6 is 11.8 Å². The van der Waals surface area contributed by atoms with Gasteiger partial charge in [-0.2, -0.15) is 0 Å². The topological polar surface area (TPSA) is 88.3 Å². The Morgan fingerprint density at radius 1 is 0.763 bits per heavy atom. The second-order valence-corrected chi connectivity index (χ2v) is 9.64. The average Bonchev–Trinajstić information content (AvgIpc) is 3.43. The number of hydrogen-bond acceptors (Lipinski definition) is 6. The molecule has 0 saturated heterocycles. The lowest BCUT2D eigenvalue weighted by atomic mass is 10.1. The molecule has 0 saturated carbocycles. The van der Waals surface area contributed by atoms with Crippen LogP contribution in [0.4, 0.5) is 17.1 Å². The predicted molar refractivity (Wildman–Crippen MR) is 149 cm³/mol. The maximum atomic E-state index is 13.6. The maximum Gasteiger partial charge on any atom is 0.277 e. The van der Waals surface area contributed by atoms with Gasteiger partial charge in [0.25, 0.3) is 17.0 Å². The van der Waals surface area contributed by atoms with Crippen LogP contribution in [0.5, 0.6) is 0 Å². The van der Waals surface area contributed by atoms with E-state index in [0.717, 1.165) is 11.4 Å². The van der Waals surface area contributed by atoms with Gasteiger partial charge in [-0.15, -0.1) is 10.2 Å². The summed E-state index contributed by atoms with van der Waals surface area (Å²) in [5.41, 5.74) is 3.21. The Bertz CT molecular complexity index is 1490. The van der Waals surface area contributed by atoms with Gasteiger partial charge in [0.05, 0.1) is 16.5 Å². The van der Waals surface area contributed by atoms with Crippen molar-refractivity contribution in [2.75, 3.05) is 10.2 Å². The summed E-state index contributed by atoms with van der Waals surface area (Å²) in [5.74, 6) is -0.116. The quantitative estimate of drug-likeness (QED) is 0.226. The van der Waals surface area contributed by atoms with E-state index in [-0.39, 0.29) is 22.9 Å². The van der Waals surface area contributed by atoms with E-state index < -0.39 is 5.25 Å². The van der Waals surface area contributed by atoms with Crippen LogP contribution in [0.25, 0.3) is 11.5 Å². The number of thioether (sulfide) groups is 1. The van der Waals surface area contributed by atoms with Crippen molar-refractivity contribution in [3.05, 3.63) is 121 Å². The lowest BCUT2D eigenvalue weighted by Gasteiger charge is -2.25. The molecule has 0 spiro atoms. The summed E-state index contributed by atoms with van der Waals surface area (Å²) in [6.45, 7) is 1.81. The molecule has 0 fully saturated rings. The monoisotopic (exact) mass is 520 g/mol. The largest absolute Gasteiger partial charge is 0.411 e. The molecule has 1 heterocycles. The molecule has 5 aromatic rings. The summed E-state index contributed by atoms with van der Waals surface area (Å²) in [7, 11) is 0. The van der Waals surface area contributed by atoms with Crippen molar-refractivity contribution >= 4 is 40.6 Å². The second-order valence-electron chi connectivity index (χ2n) is 8.34. The number of nitrogens with zero attached hydrogens (tertiary/aromatic N) is 3. The fourth-order valence-electron chi connectivity index (χ4n) is 3.87. The molecule has 5 rings (SSSR count). The van der Waals surface area contributed by atoms with Crippen LogP contribution in [0.2, 0.25) is 0 Å². The van der Waals surface area contributed by atoms with Gasteiger partial charge in [0, 0.05) is 16.9 Å². The molecule has 1 aromatic heterocycles. The number of amides is 2. The Hall–Kier alpha value is -4.69. The molecule has 2 amide bonds. The highest BCUT2D eigenvalue weighted by Crippen LogP contribution is 2.33. The maximum absolute atomic E-state index is 13.6. The zero-order valence-corrected chi connectivity index (χ0v) is 21.3. The molecular weight excluding hydrogens is 496 g/mol. The van der Waals surface area contributed by atoms with Crippen molar-refractivity contribution in [3.63, 3.8) is 0 Å². The van der Waals surface area contributed by atoms with E-state index in [2.05, 4.69) is 15.5 Å². The second kappa shape index (κ2) is 11.6. The number of anilines is 3. The highest BCUT2D eigenvalue weighted by atomic mass is 32.2. The molecule has 0 aliphatic carbocycles. The number of rotatable bonds is 8. The van der Waals surface area contributed by atoms with E-state index in [1.54, 1.807) is 29.2 Å². The zero-order valence-electron chi connectivity index (χ0n) is 20.5. The van der Waals surface area contributed by atoms with Gasteiger partial charge in [0.1, 0.15) is 0 Å². The Morgan fingerprint density at radius 2 is 1.32 bits per heavy atom. The molecule has 7 nitrogen and oxygen atoms in total. The molecule has 4 aromatic carbocycles. The smallest absolute Gasteiger partial charge is 0.277 e. The molecule has 8 heteroatoms. The molecule has 0 aliphatic heterocycles. The third-order valence-corrected chi connectivity index (χ3v) is 6.64. The van der Waals surface area contributed by atoms with Crippen molar-refractivity contribution in [1.29, 1.82) is 0 Å². The molecule has 38 heavy (non-hydrogen) atoms. The van der Waals surface area contributed by atoms with Crippen LogP contribution in [-0.4, -0.2) is 27.3 Å². The molecule has 188 valence electrons. The first kappa shape index (κ1) is 25.0. The first-order valence-corrected chi connectivity index (χ1v) is 12.9. The summed E-state index contributed by atoms with van der Waals surface area (Å²) < 4.78 is 5.93. The van der Waals surface area contributed by atoms with Gasteiger partial charge >= 0.3 is 0 Å². The van der Waals surface area contributed by atoms with Gasteiger partial charge in [-0.25, -0.2) is 0 Å². The number of hydrogen-bond donors (Lipinski definition) is 1. The highest BCUT2D eigenvalue weighted by Gasteiger charge is 2.26. The van der Waals surface area contributed by atoms with Crippen LogP contribution in [0.1, 0.15) is 17.3 Å². The molecule has 0 aliphatic rings. The number of nitrogens with one attached hydrogen (secondary N) is 1. The van der Waals surface area contributed by atoms with E-state index in [1.807, 2.05) is 97.9 Å². The van der Waals surface area contributed by atoms with E-state index in [9.17, 15) is 9.59 Å². The third kappa shape index (κ3) is 5.66. The van der Waals surface area contributed by atoms with Crippen LogP contribution < -0.4 is 10.2 Å². The Kier molecular flexibility index (Phi) is 7.61. The van der Waals surface area contributed by atoms with Gasteiger partial charge in [-0.3, -0.25) is 14.5 Å². The lowest BCUT2D eigenvalue weighted by molar-refractivity contribution is -0.117. The number of carbonyl (C=O) groups excluding carboxylic acids is 2. The minimum atomic E-state index is -0.517. The van der Waals surface area contributed by atoms with Crippen molar-refractivity contribution in [2.45, 2.75) is 17.4 Å². The summed E-state index contributed by atoms with van der Waals surface area (Å²) >= 11 is 1.18. The van der Waals surface area contributed by atoms with Crippen LogP contribution in [-0.2, 0) is 4.79 Å².